The lowest BCUT2D eigenvalue weighted by Gasteiger charge is -2.10. The van der Waals surface area contributed by atoms with E-state index in [0.29, 0.717) is 16.4 Å². The van der Waals surface area contributed by atoms with Gasteiger partial charge in [-0.05, 0) is 54.2 Å². The second-order valence-corrected chi connectivity index (χ2v) is 6.66. The molecule has 2 aromatic rings. The molecule has 1 atom stereocenters. The van der Waals surface area contributed by atoms with Gasteiger partial charge in [0.05, 0.1) is 5.56 Å². The minimum atomic E-state index is -2.06. The summed E-state index contributed by atoms with van der Waals surface area (Å²) in [5.74, 6) is -0.134. The normalized spacial score (nSPS) is 11.3. The van der Waals surface area contributed by atoms with E-state index in [0.717, 1.165) is 16.7 Å². The van der Waals surface area contributed by atoms with Gasteiger partial charge in [-0.2, -0.15) is 0 Å². The second-order valence-electron chi connectivity index (χ2n) is 4.77. The van der Waals surface area contributed by atoms with Crippen molar-refractivity contribution in [3.63, 3.8) is 0 Å². The van der Waals surface area contributed by atoms with Crippen molar-refractivity contribution in [2.24, 2.45) is 0 Å². The van der Waals surface area contributed by atoms with Gasteiger partial charge >= 0.3 is 7.15 Å². The summed E-state index contributed by atoms with van der Waals surface area (Å²) >= 11 is 5.69. The zero-order valence-electron chi connectivity index (χ0n) is 11.6. The van der Waals surface area contributed by atoms with E-state index in [1.165, 1.54) is 0 Å². The molecule has 4 heteroatoms. The van der Waals surface area contributed by atoms with Crippen LogP contribution in [0.1, 0.15) is 32.6 Å². The van der Waals surface area contributed by atoms with Crippen LogP contribution in [0.4, 0.5) is 0 Å². The van der Waals surface area contributed by atoms with Crippen LogP contribution in [-0.2, 0) is 4.57 Å². The Hall–Kier alpha value is -1.50. The Morgan fingerprint density at radius 1 is 0.950 bits per heavy atom. The fraction of sp³-hybridized carbons (Fsp3) is 0.188. The van der Waals surface area contributed by atoms with Crippen molar-refractivity contribution in [2.75, 3.05) is 0 Å². The third kappa shape index (κ3) is 2.67. The van der Waals surface area contributed by atoms with Crippen LogP contribution in [0.15, 0.2) is 36.4 Å². The first-order valence-corrected chi connectivity index (χ1v) is 8.43. The van der Waals surface area contributed by atoms with Gasteiger partial charge in [-0.3, -0.25) is 4.79 Å². The number of aryl methyl sites for hydroxylation is 1. The van der Waals surface area contributed by atoms with Crippen molar-refractivity contribution in [3.8, 4) is 0 Å². The van der Waals surface area contributed by atoms with Crippen LogP contribution in [0.5, 0.6) is 0 Å². The average molecular weight is 306 g/mol. The van der Waals surface area contributed by atoms with Gasteiger partial charge < -0.3 is 0 Å². The van der Waals surface area contributed by atoms with Crippen LogP contribution < -0.4 is 5.30 Å². The molecule has 0 radical (unpaired) electrons. The highest BCUT2D eigenvalue weighted by Crippen LogP contribution is 2.29. The highest BCUT2D eigenvalue weighted by molar-refractivity contribution is 7.80. The molecule has 0 aliphatic heterocycles. The Kier molecular flexibility index (Phi) is 4.37. The van der Waals surface area contributed by atoms with Gasteiger partial charge in [0, 0.05) is 5.56 Å². The molecule has 0 bridgehead atoms. The Balaban J connectivity index is 2.58. The van der Waals surface area contributed by atoms with Gasteiger partial charge in [0.25, 0.3) is 0 Å². The molecule has 102 valence electrons. The Morgan fingerprint density at radius 3 is 2.25 bits per heavy atom. The first kappa shape index (κ1) is 14.9. The zero-order chi connectivity index (χ0) is 14.9. The molecular formula is C16H15ClO2P+. The second kappa shape index (κ2) is 5.87. The van der Waals surface area contributed by atoms with E-state index in [1.807, 2.05) is 32.9 Å². The van der Waals surface area contributed by atoms with Crippen LogP contribution >= 0.6 is 18.4 Å². The van der Waals surface area contributed by atoms with E-state index < -0.39 is 7.15 Å². The summed E-state index contributed by atoms with van der Waals surface area (Å²) in [6.45, 7) is 5.94. The highest BCUT2D eigenvalue weighted by atomic mass is 35.7. The van der Waals surface area contributed by atoms with Crippen LogP contribution in [0, 0.1) is 20.8 Å². The lowest BCUT2D eigenvalue weighted by atomic mass is 9.93. The third-order valence-electron chi connectivity index (χ3n) is 3.64. The number of rotatable bonds is 3. The SMILES string of the molecule is Cc1ccc(C(=O)c2ccccc2[P+](=O)Cl)c(C)c1C. The van der Waals surface area contributed by atoms with E-state index in [4.69, 9.17) is 11.2 Å². The minimum Gasteiger partial charge on any atom is -0.288 e. The fourth-order valence-electron chi connectivity index (χ4n) is 2.17. The number of benzene rings is 2. The summed E-state index contributed by atoms with van der Waals surface area (Å²) < 4.78 is 11.6. The zero-order valence-corrected chi connectivity index (χ0v) is 13.3. The molecule has 0 saturated carbocycles. The molecule has 0 saturated heterocycles. The van der Waals surface area contributed by atoms with Crippen LogP contribution in [0.2, 0.25) is 0 Å². The summed E-state index contributed by atoms with van der Waals surface area (Å²) in [6, 6.07) is 10.5. The number of halogens is 1. The van der Waals surface area contributed by atoms with Crippen molar-refractivity contribution in [2.45, 2.75) is 20.8 Å². The molecule has 2 rings (SSSR count). The van der Waals surface area contributed by atoms with Gasteiger partial charge in [0.15, 0.2) is 5.78 Å². The maximum atomic E-state index is 12.7. The molecule has 20 heavy (non-hydrogen) atoms. The first-order chi connectivity index (χ1) is 9.43. The van der Waals surface area contributed by atoms with Gasteiger partial charge in [-0.25, -0.2) is 0 Å². The Labute approximate surface area is 124 Å². The molecule has 2 aromatic carbocycles. The number of carbonyl (C=O) groups excluding carboxylic acids is 1. The van der Waals surface area contributed by atoms with Gasteiger partial charge in [-0.15, -0.1) is 0 Å². The summed E-state index contributed by atoms with van der Waals surface area (Å²) in [6.07, 6.45) is 0. The largest absolute Gasteiger partial charge is 0.494 e. The predicted octanol–water partition coefficient (Wildman–Crippen LogP) is 4.45. The standard InChI is InChI=1S/C16H15ClO2P/c1-10-8-9-13(12(3)11(10)2)16(18)14-6-4-5-7-15(14)20(17)19/h4-9H,1-3H3/q+1. The molecule has 0 fully saturated rings. The van der Waals surface area contributed by atoms with E-state index in [1.54, 1.807) is 24.3 Å². The minimum absolute atomic E-state index is 0.134. The monoisotopic (exact) mass is 305 g/mol. The number of carbonyl (C=O) groups is 1. The predicted molar refractivity (Wildman–Crippen MR) is 83.6 cm³/mol. The van der Waals surface area contributed by atoms with Crippen molar-refractivity contribution in [1.29, 1.82) is 0 Å². The lowest BCUT2D eigenvalue weighted by Crippen LogP contribution is -2.14. The molecule has 0 N–H and O–H groups in total. The van der Waals surface area contributed by atoms with Crippen LogP contribution in [0.25, 0.3) is 0 Å². The van der Waals surface area contributed by atoms with Crippen molar-refractivity contribution in [1.82, 2.24) is 0 Å². The van der Waals surface area contributed by atoms with E-state index in [-0.39, 0.29) is 5.78 Å². The molecule has 0 amide bonds. The van der Waals surface area contributed by atoms with Crippen LogP contribution in [-0.4, -0.2) is 5.78 Å². The summed E-state index contributed by atoms with van der Waals surface area (Å²) in [5, 5.41) is 0.395. The van der Waals surface area contributed by atoms with Crippen molar-refractivity contribution < 1.29 is 9.36 Å². The number of ketones is 1. The Bertz CT molecular complexity index is 708. The third-order valence-corrected chi connectivity index (χ3v) is 4.96. The fourth-order valence-corrected chi connectivity index (χ4v) is 3.18. The summed E-state index contributed by atoms with van der Waals surface area (Å²) in [7, 11) is -2.06. The molecular weight excluding hydrogens is 291 g/mol. The lowest BCUT2D eigenvalue weighted by molar-refractivity contribution is 0.103. The van der Waals surface area contributed by atoms with Crippen molar-refractivity contribution in [3.05, 3.63) is 64.2 Å². The van der Waals surface area contributed by atoms with E-state index >= 15 is 0 Å². The van der Waals surface area contributed by atoms with Crippen LogP contribution in [0.3, 0.4) is 0 Å². The molecule has 0 heterocycles. The van der Waals surface area contributed by atoms with Gasteiger partial charge in [0.2, 0.25) is 16.5 Å². The molecule has 0 spiro atoms. The van der Waals surface area contributed by atoms with Gasteiger partial charge in [-0.1, -0.05) is 24.3 Å². The quantitative estimate of drug-likeness (QED) is 0.620. The maximum absolute atomic E-state index is 12.7. The molecule has 0 aliphatic carbocycles. The maximum Gasteiger partial charge on any atom is 0.494 e. The number of hydrogen-bond donors (Lipinski definition) is 0. The first-order valence-electron chi connectivity index (χ1n) is 6.27. The van der Waals surface area contributed by atoms with Crippen molar-refractivity contribution >= 4 is 29.5 Å². The molecule has 1 unspecified atom stereocenters. The van der Waals surface area contributed by atoms with Gasteiger partial charge in [0.1, 0.15) is 0 Å². The summed E-state index contributed by atoms with van der Waals surface area (Å²) in [5.41, 5.74) is 4.25. The topological polar surface area (TPSA) is 34.1 Å². The smallest absolute Gasteiger partial charge is 0.288 e. The summed E-state index contributed by atoms with van der Waals surface area (Å²) in [4.78, 5) is 12.7. The number of hydrogen-bond acceptors (Lipinski definition) is 2. The highest BCUT2D eigenvalue weighted by Gasteiger charge is 2.26. The molecule has 0 aromatic heterocycles. The Morgan fingerprint density at radius 2 is 1.60 bits per heavy atom. The van der Waals surface area contributed by atoms with E-state index in [9.17, 15) is 9.36 Å². The van der Waals surface area contributed by atoms with E-state index in [2.05, 4.69) is 0 Å². The average Bonchev–Trinajstić information content (AvgIpc) is 2.44. The molecule has 0 aliphatic rings. The molecule has 2 nitrogen and oxygen atoms in total.